The van der Waals surface area contributed by atoms with Crippen LogP contribution in [0.1, 0.15) is 26.8 Å². The van der Waals surface area contributed by atoms with Crippen LogP contribution in [0.5, 0.6) is 5.88 Å². The lowest BCUT2D eigenvalue weighted by molar-refractivity contribution is -0.385. The molecule has 0 spiro atoms. The van der Waals surface area contributed by atoms with Crippen LogP contribution in [-0.2, 0) is 4.79 Å². The van der Waals surface area contributed by atoms with Gasteiger partial charge in [-0.25, -0.2) is 4.68 Å². The van der Waals surface area contributed by atoms with Crippen LogP contribution >= 0.6 is 0 Å². The number of carbonyl (C=O) groups is 1. The Morgan fingerprint density at radius 3 is 2.63 bits per heavy atom. The molecule has 1 aromatic rings. The van der Waals surface area contributed by atoms with Crippen LogP contribution in [0.25, 0.3) is 0 Å². The molecule has 0 radical (unpaired) electrons. The summed E-state index contributed by atoms with van der Waals surface area (Å²) in [6.45, 7) is 6.12. The fourth-order valence-electron chi connectivity index (χ4n) is 1.41. The van der Waals surface area contributed by atoms with Crippen LogP contribution in [0.4, 0.5) is 5.69 Å². The molecule has 0 aromatic carbocycles. The summed E-state index contributed by atoms with van der Waals surface area (Å²) in [5.74, 6) is -0.0140. The van der Waals surface area contributed by atoms with Gasteiger partial charge in [0.1, 0.15) is 12.2 Å². The molecule has 106 valence electrons. The predicted molar refractivity (Wildman–Crippen MR) is 68.0 cm³/mol. The molecule has 0 aliphatic heterocycles. The maximum Gasteiger partial charge on any atom is 0.350 e. The monoisotopic (exact) mass is 270 g/mol. The van der Waals surface area contributed by atoms with Crippen molar-refractivity contribution >= 4 is 11.6 Å². The zero-order valence-corrected chi connectivity index (χ0v) is 11.4. The molecule has 1 atom stereocenters. The number of nitrogens with one attached hydrogen (secondary N) is 1. The van der Waals surface area contributed by atoms with E-state index < -0.39 is 11.0 Å². The number of methoxy groups -OCH3 is 1. The smallest absolute Gasteiger partial charge is 0.350 e. The lowest BCUT2D eigenvalue weighted by Crippen LogP contribution is -2.33. The zero-order chi connectivity index (χ0) is 14.6. The van der Waals surface area contributed by atoms with Gasteiger partial charge < -0.3 is 10.1 Å². The number of rotatable bonds is 6. The van der Waals surface area contributed by atoms with Crippen molar-refractivity contribution in [3.05, 3.63) is 16.3 Å². The van der Waals surface area contributed by atoms with Gasteiger partial charge in [-0.1, -0.05) is 13.8 Å². The van der Waals surface area contributed by atoms with Crippen molar-refractivity contribution in [1.82, 2.24) is 15.1 Å². The topological polar surface area (TPSA) is 99.3 Å². The highest BCUT2D eigenvalue weighted by Crippen LogP contribution is 2.25. The quantitative estimate of drug-likeness (QED) is 0.617. The second kappa shape index (κ2) is 6.17. The second-order valence-corrected chi connectivity index (χ2v) is 4.58. The van der Waals surface area contributed by atoms with E-state index in [0.29, 0.717) is 12.5 Å². The van der Waals surface area contributed by atoms with E-state index in [4.69, 9.17) is 4.74 Å². The van der Waals surface area contributed by atoms with Gasteiger partial charge in [0.05, 0.1) is 12.0 Å². The molecule has 0 saturated carbocycles. The fourth-order valence-corrected chi connectivity index (χ4v) is 1.41. The average molecular weight is 270 g/mol. The van der Waals surface area contributed by atoms with Crippen LogP contribution in [0.15, 0.2) is 6.20 Å². The van der Waals surface area contributed by atoms with E-state index in [1.165, 1.54) is 18.0 Å². The minimum absolute atomic E-state index is 0.103. The first-order valence-corrected chi connectivity index (χ1v) is 5.92. The van der Waals surface area contributed by atoms with E-state index in [-0.39, 0.29) is 17.5 Å². The maximum atomic E-state index is 11.8. The summed E-state index contributed by atoms with van der Waals surface area (Å²) in [4.78, 5) is 22.0. The van der Waals surface area contributed by atoms with Crippen LogP contribution < -0.4 is 10.1 Å². The van der Waals surface area contributed by atoms with Gasteiger partial charge >= 0.3 is 11.6 Å². The molecule has 1 unspecified atom stereocenters. The lowest BCUT2D eigenvalue weighted by atomic mass is 10.2. The Labute approximate surface area is 110 Å². The number of nitro groups is 1. The van der Waals surface area contributed by atoms with Crippen LogP contribution in [0.2, 0.25) is 0 Å². The van der Waals surface area contributed by atoms with Crippen LogP contribution in [-0.4, -0.2) is 34.3 Å². The summed E-state index contributed by atoms with van der Waals surface area (Å²) in [5.41, 5.74) is -0.258. The molecule has 19 heavy (non-hydrogen) atoms. The summed E-state index contributed by atoms with van der Waals surface area (Å²) < 4.78 is 6.04. The number of hydrogen-bond donors (Lipinski definition) is 1. The molecule has 8 heteroatoms. The molecule has 0 fully saturated rings. The summed E-state index contributed by atoms with van der Waals surface area (Å²) in [7, 11) is 1.29. The average Bonchev–Trinajstić information content (AvgIpc) is 2.79. The molecule has 1 N–H and O–H groups in total. The Bertz CT molecular complexity index is 469. The van der Waals surface area contributed by atoms with E-state index in [1.54, 1.807) is 6.92 Å². The van der Waals surface area contributed by atoms with Crippen LogP contribution in [0, 0.1) is 16.0 Å². The first kappa shape index (κ1) is 14.9. The summed E-state index contributed by atoms with van der Waals surface area (Å²) in [5, 5.41) is 17.4. The Balaban J connectivity index is 2.84. The largest absolute Gasteiger partial charge is 0.475 e. The highest BCUT2D eigenvalue weighted by molar-refractivity contribution is 5.79. The third-order valence-corrected chi connectivity index (χ3v) is 2.53. The summed E-state index contributed by atoms with van der Waals surface area (Å²) >= 11 is 0. The number of hydrogen-bond acceptors (Lipinski definition) is 5. The van der Waals surface area contributed by atoms with E-state index in [9.17, 15) is 14.9 Å². The van der Waals surface area contributed by atoms with E-state index in [2.05, 4.69) is 10.4 Å². The van der Waals surface area contributed by atoms with Gasteiger partial charge in [-0.3, -0.25) is 14.9 Å². The first-order chi connectivity index (χ1) is 8.86. The van der Waals surface area contributed by atoms with Gasteiger partial charge in [-0.05, 0) is 12.8 Å². The van der Waals surface area contributed by atoms with E-state index >= 15 is 0 Å². The highest BCUT2D eigenvalue weighted by atomic mass is 16.6. The lowest BCUT2D eigenvalue weighted by Gasteiger charge is -2.13. The summed E-state index contributed by atoms with van der Waals surface area (Å²) in [6.07, 6.45) is 1.19. The van der Waals surface area contributed by atoms with Gasteiger partial charge in [0.2, 0.25) is 5.91 Å². The van der Waals surface area contributed by atoms with Gasteiger partial charge in [0.25, 0.3) is 0 Å². The van der Waals surface area contributed by atoms with E-state index in [0.717, 1.165) is 0 Å². The van der Waals surface area contributed by atoms with Gasteiger partial charge in [0.15, 0.2) is 0 Å². The molecule has 1 rings (SSSR count). The Morgan fingerprint density at radius 1 is 1.58 bits per heavy atom. The molecule has 1 aromatic heterocycles. The van der Waals surface area contributed by atoms with Crippen molar-refractivity contribution in [2.75, 3.05) is 13.7 Å². The normalized spacial score (nSPS) is 12.3. The molecule has 1 amide bonds. The molecule has 0 aliphatic rings. The third-order valence-electron chi connectivity index (χ3n) is 2.53. The number of nitrogens with zero attached hydrogens (tertiary/aromatic N) is 3. The first-order valence-electron chi connectivity index (χ1n) is 5.92. The van der Waals surface area contributed by atoms with Crippen molar-refractivity contribution < 1.29 is 14.5 Å². The van der Waals surface area contributed by atoms with Gasteiger partial charge in [0, 0.05) is 6.54 Å². The SMILES string of the molecule is COc1nn(C(C)C(=O)NCC(C)C)cc1[N+](=O)[O-]. The highest BCUT2D eigenvalue weighted by Gasteiger charge is 2.25. The fraction of sp³-hybridized carbons (Fsp3) is 0.636. The minimum atomic E-state index is -0.638. The molecule has 0 saturated heterocycles. The number of ether oxygens (including phenoxy) is 1. The Hall–Kier alpha value is -2.12. The van der Waals surface area contributed by atoms with Crippen molar-refractivity contribution in [3.63, 3.8) is 0 Å². The second-order valence-electron chi connectivity index (χ2n) is 4.58. The van der Waals surface area contributed by atoms with E-state index in [1.807, 2.05) is 13.8 Å². The zero-order valence-electron chi connectivity index (χ0n) is 11.4. The van der Waals surface area contributed by atoms with Crippen molar-refractivity contribution in [3.8, 4) is 5.88 Å². The van der Waals surface area contributed by atoms with Gasteiger partial charge in [-0.2, -0.15) is 0 Å². The minimum Gasteiger partial charge on any atom is -0.475 e. The third kappa shape index (κ3) is 3.67. The Morgan fingerprint density at radius 2 is 2.21 bits per heavy atom. The molecular formula is C11H18N4O4. The predicted octanol–water partition coefficient (Wildman–Crippen LogP) is 1.13. The summed E-state index contributed by atoms with van der Waals surface area (Å²) in [6, 6.07) is -0.638. The molecule has 8 nitrogen and oxygen atoms in total. The van der Waals surface area contributed by atoms with Crippen molar-refractivity contribution in [2.24, 2.45) is 5.92 Å². The van der Waals surface area contributed by atoms with Crippen molar-refractivity contribution in [1.29, 1.82) is 0 Å². The number of amides is 1. The molecular weight excluding hydrogens is 252 g/mol. The van der Waals surface area contributed by atoms with Crippen LogP contribution in [0.3, 0.4) is 0 Å². The molecule has 0 aliphatic carbocycles. The van der Waals surface area contributed by atoms with Gasteiger partial charge in [-0.15, -0.1) is 5.10 Å². The molecule has 1 heterocycles. The standard InChI is InChI=1S/C11H18N4O4/c1-7(2)5-12-10(16)8(3)14-6-9(15(17)18)11(13-14)19-4/h6-8H,5H2,1-4H3,(H,12,16). The van der Waals surface area contributed by atoms with Crippen molar-refractivity contribution in [2.45, 2.75) is 26.8 Å². The number of carbonyl (C=O) groups excluding carboxylic acids is 1. The number of aromatic nitrogens is 2. The molecule has 0 bridgehead atoms. The Kier molecular flexibility index (Phi) is 4.85. The maximum absolute atomic E-state index is 11.8.